The van der Waals surface area contributed by atoms with E-state index < -0.39 is 24.0 Å². The highest BCUT2D eigenvalue weighted by atomic mass is 19.4. The molecule has 0 fully saturated rings. The monoisotopic (exact) mass is 262 g/mol. The molecule has 1 nitrogen and oxygen atoms in total. The van der Waals surface area contributed by atoms with Gasteiger partial charge in [-0.05, 0) is 0 Å². The third kappa shape index (κ3) is 3.09. The summed E-state index contributed by atoms with van der Waals surface area (Å²) in [6, 6.07) is 4.39. The molecule has 0 N–H and O–H groups in total. The second kappa shape index (κ2) is 4.17. The van der Waals surface area contributed by atoms with Gasteiger partial charge in [-0.3, -0.25) is 0 Å². The van der Waals surface area contributed by atoms with Crippen LogP contribution >= 0.6 is 0 Å². The van der Waals surface area contributed by atoms with Crippen LogP contribution in [0.3, 0.4) is 0 Å². The maximum absolute atomic E-state index is 13.1. The van der Waals surface area contributed by atoms with E-state index in [4.69, 9.17) is 0 Å². The molecule has 0 amide bonds. The maximum Gasteiger partial charge on any atom is 0.527 e. The van der Waals surface area contributed by atoms with E-state index in [1.807, 2.05) is 0 Å². The molecule has 0 heterocycles. The second-order valence-corrected chi connectivity index (χ2v) is 3.00. The van der Waals surface area contributed by atoms with Gasteiger partial charge in [-0.15, -0.1) is 13.2 Å². The summed E-state index contributed by atoms with van der Waals surface area (Å²) >= 11 is 0. The molecule has 0 radical (unpaired) electrons. The van der Waals surface area contributed by atoms with Crippen LogP contribution in [0.15, 0.2) is 30.3 Å². The Bertz CT molecular complexity index is 371. The van der Waals surface area contributed by atoms with E-state index in [1.54, 1.807) is 0 Å². The van der Waals surface area contributed by atoms with Gasteiger partial charge in [0, 0.05) is 5.56 Å². The predicted octanol–water partition coefficient (Wildman–Crippen LogP) is 3.91. The molecule has 0 unspecified atom stereocenters. The van der Waals surface area contributed by atoms with Gasteiger partial charge in [-0.2, -0.15) is 17.6 Å². The van der Waals surface area contributed by atoms with Gasteiger partial charge in [0.15, 0.2) is 0 Å². The Morgan fingerprint density at radius 3 is 1.65 bits per heavy atom. The molecular weight excluding hydrogens is 257 g/mol. The molecule has 17 heavy (non-hydrogen) atoms. The van der Waals surface area contributed by atoms with E-state index in [1.165, 1.54) is 6.07 Å². The van der Waals surface area contributed by atoms with Gasteiger partial charge in [0.2, 0.25) is 0 Å². The van der Waals surface area contributed by atoms with Gasteiger partial charge in [0.05, 0.1) is 0 Å². The molecular formula is C9H5F7O. The van der Waals surface area contributed by atoms with Crippen molar-refractivity contribution in [2.45, 2.75) is 18.4 Å². The number of hydrogen-bond acceptors (Lipinski definition) is 1. The van der Waals surface area contributed by atoms with Crippen molar-refractivity contribution in [2.75, 3.05) is 0 Å². The fourth-order valence-corrected chi connectivity index (χ4v) is 1.02. The lowest BCUT2D eigenvalue weighted by Gasteiger charge is -2.26. The van der Waals surface area contributed by atoms with Gasteiger partial charge in [-0.25, -0.2) is 4.74 Å². The van der Waals surface area contributed by atoms with Crippen LogP contribution in [0.25, 0.3) is 0 Å². The van der Waals surface area contributed by atoms with Crippen molar-refractivity contribution >= 4 is 0 Å². The summed E-state index contributed by atoms with van der Waals surface area (Å²) < 4.78 is 88.4. The summed E-state index contributed by atoms with van der Waals surface area (Å²) in [4.78, 5) is 0. The molecule has 0 saturated heterocycles. The van der Waals surface area contributed by atoms with Gasteiger partial charge >= 0.3 is 18.4 Å². The molecule has 0 aromatic heterocycles. The Balaban J connectivity index is 3.05. The van der Waals surface area contributed by atoms with E-state index in [0.29, 0.717) is 12.1 Å². The lowest BCUT2D eigenvalue weighted by Crippen LogP contribution is -2.44. The molecule has 0 atom stereocenters. The summed E-state index contributed by atoms with van der Waals surface area (Å²) in [5.41, 5.74) is -1.27. The first-order chi connectivity index (χ1) is 7.56. The Morgan fingerprint density at radius 2 is 1.24 bits per heavy atom. The molecule has 1 aromatic rings. The number of alkyl halides is 7. The normalized spacial score (nSPS) is 13.8. The zero-order valence-electron chi connectivity index (χ0n) is 7.94. The Morgan fingerprint density at radius 1 is 0.765 bits per heavy atom. The standard InChI is InChI=1S/C9H5F7O/c10-7(11,6-4-2-1-3-5-6)8(12,13)17-9(14,15)16/h1-5H. The van der Waals surface area contributed by atoms with Crippen molar-refractivity contribution in [1.29, 1.82) is 0 Å². The van der Waals surface area contributed by atoms with E-state index in [-0.39, 0.29) is 0 Å². The van der Waals surface area contributed by atoms with Crippen LogP contribution in [0.2, 0.25) is 0 Å². The molecule has 0 aliphatic heterocycles. The highest BCUT2D eigenvalue weighted by molar-refractivity contribution is 5.21. The molecule has 0 aliphatic carbocycles. The largest absolute Gasteiger partial charge is 0.527 e. The van der Waals surface area contributed by atoms with Gasteiger partial charge < -0.3 is 0 Å². The van der Waals surface area contributed by atoms with Gasteiger partial charge in [0.25, 0.3) is 0 Å². The summed E-state index contributed by atoms with van der Waals surface area (Å²) in [5, 5.41) is 0. The molecule has 0 aliphatic rings. The topological polar surface area (TPSA) is 9.23 Å². The maximum atomic E-state index is 13.1. The van der Waals surface area contributed by atoms with Crippen molar-refractivity contribution in [3.05, 3.63) is 35.9 Å². The lowest BCUT2D eigenvalue weighted by atomic mass is 10.1. The molecule has 96 valence electrons. The van der Waals surface area contributed by atoms with E-state index >= 15 is 0 Å². The fraction of sp³-hybridized carbons (Fsp3) is 0.333. The number of rotatable bonds is 3. The minimum Gasteiger partial charge on any atom is -0.221 e. The Hall–Kier alpha value is -1.31. The quantitative estimate of drug-likeness (QED) is 0.750. The second-order valence-electron chi connectivity index (χ2n) is 3.00. The van der Waals surface area contributed by atoms with Crippen LogP contribution in [-0.4, -0.2) is 12.5 Å². The van der Waals surface area contributed by atoms with Crippen LogP contribution in [-0.2, 0) is 10.7 Å². The summed E-state index contributed by atoms with van der Waals surface area (Å²) in [6.45, 7) is 0. The van der Waals surface area contributed by atoms with Gasteiger partial charge in [-0.1, -0.05) is 30.3 Å². The highest BCUT2D eigenvalue weighted by Gasteiger charge is 2.63. The first kappa shape index (κ1) is 13.8. The SMILES string of the molecule is FC(F)(F)OC(F)(F)C(F)(F)c1ccccc1. The van der Waals surface area contributed by atoms with Crippen molar-refractivity contribution < 1.29 is 35.5 Å². The highest BCUT2D eigenvalue weighted by Crippen LogP contribution is 2.46. The van der Waals surface area contributed by atoms with Crippen LogP contribution in [0.1, 0.15) is 5.56 Å². The minimum absolute atomic E-state index is 0.577. The van der Waals surface area contributed by atoms with E-state index in [2.05, 4.69) is 4.74 Å². The lowest BCUT2D eigenvalue weighted by molar-refractivity contribution is -0.469. The summed E-state index contributed by atoms with van der Waals surface area (Å²) in [6.07, 6.45) is -11.5. The smallest absolute Gasteiger partial charge is 0.221 e. The van der Waals surface area contributed by atoms with E-state index in [0.717, 1.165) is 12.1 Å². The number of ether oxygens (including phenoxy) is 1. The Kier molecular flexibility index (Phi) is 3.37. The molecule has 0 spiro atoms. The average Bonchev–Trinajstić information content (AvgIpc) is 2.15. The first-order valence-electron chi connectivity index (χ1n) is 4.14. The predicted molar refractivity (Wildman–Crippen MR) is 42.4 cm³/mol. The molecule has 1 aromatic carbocycles. The molecule has 0 saturated carbocycles. The van der Waals surface area contributed by atoms with Crippen LogP contribution in [0.5, 0.6) is 0 Å². The van der Waals surface area contributed by atoms with Gasteiger partial charge in [0.1, 0.15) is 0 Å². The molecule has 8 heteroatoms. The van der Waals surface area contributed by atoms with Crippen LogP contribution in [0.4, 0.5) is 30.7 Å². The van der Waals surface area contributed by atoms with Crippen LogP contribution < -0.4 is 0 Å². The fourth-order valence-electron chi connectivity index (χ4n) is 1.02. The van der Waals surface area contributed by atoms with E-state index in [9.17, 15) is 30.7 Å². The molecule has 0 bridgehead atoms. The third-order valence-electron chi connectivity index (χ3n) is 1.75. The zero-order valence-corrected chi connectivity index (χ0v) is 7.94. The number of halogens is 7. The molecule has 1 rings (SSSR count). The summed E-state index contributed by atoms with van der Waals surface area (Å²) in [5.74, 6) is -5.08. The van der Waals surface area contributed by atoms with Crippen molar-refractivity contribution in [1.82, 2.24) is 0 Å². The number of hydrogen-bond donors (Lipinski definition) is 0. The average molecular weight is 262 g/mol. The van der Waals surface area contributed by atoms with Crippen molar-refractivity contribution in [2.24, 2.45) is 0 Å². The third-order valence-corrected chi connectivity index (χ3v) is 1.75. The first-order valence-corrected chi connectivity index (χ1v) is 4.14. The zero-order chi connectivity index (χ0) is 13.3. The minimum atomic E-state index is -5.86. The van der Waals surface area contributed by atoms with Crippen molar-refractivity contribution in [3.63, 3.8) is 0 Å². The Labute approximate surface area is 90.8 Å². The van der Waals surface area contributed by atoms with Crippen molar-refractivity contribution in [3.8, 4) is 0 Å². The number of benzene rings is 1. The van der Waals surface area contributed by atoms with Crippen LogP contribution in [0, 0.1) is 0 Å². The summed E-state index contributed by atoms with van der Waals surface area (Å²) in [7, 11) is 0.